The zero-order chi connectivity index (χ0) is 7.07. The Bertz CT molecular complexity index is 107. The molecule has 0 saturated carbocycles. The van der Waals surface area contributed by atoms with Crippen molar-refractivity contribution in [2.75, 3.05) is 6.61 Å². The van der Waals surface area contributed by atoms with Crippen molar-refractivity contribution in [2.24, 2.45) is 0 Å². The molecule has 3 atom stereocenters. The van der Waals surface area contributed by atoms with Crippen LogP contribution < -0.4 is 0 Å². The predicted molar refractivity (Wildman–Crippen MR) is 32.0 cm³/mol. The molecule has 1 aliphatic heterocycles. The number of ether oxygens (including phenoxy) is 1. The Morgan fingerprint density at radius 2 is 2.00 bits per heavy atom. The van der Waals surface area contributed by atoms with Crippen molar-refractivity contribution >= 4 is 0 Å². The van der Waals surface area contributed by atoms with E-state index in [2.05, 4.69) is 0 Å². The van der Waals surface area contributed by atoms with Crippen molar-refractivity contribution in [3.63, 3.8) is 0 Å². The summed E-state index contributed by atoms with van der Waals surface area (Å²) in [4.78, 5) is 0. The van der Waals surface area contributed by atoms with Crippen LogP contribution in [0.2, 0.25) is 0 Å². The van der Waals surface area contributed by atoms with Crippen molar-refractivity contribution in [3.8, 4) is 0 Å². The second-order valence-electron chi connectivity index (χ2n) is 2.79. The number of rotatable bonds is 2. The number of aliphatic hydroxyl groups is 2. The van der Waals surface area contributed by atoms with Crippen LogP contribution in [-0.4, -0.2) is 34.6 Å². The molecular formula is C6H12O3. The van der Waals surface area contributed by atoms with Crippen LogP contribution in [-0.2, 0) is 4.74 Å². The summed E-state index contributed by atoms with van der Waals surface area (Å²) in [5.41, 5.74) is -0.464. The van der Waals surface area contributed by atoms with Gasteiger partial charge in [0.2, 0.25) is 0 Å². The third-order valence-corrected chi connectivity index (χ3v) is 1.68. The molecule has 54 valence electrons. The van der Waals surface area contributed by atoms with E-state index in [0.29, 0.717) is 6.61 Å². The predicted octanol–water partition coefficient (Wildman–Crippen LogP) is -0.483. The molecule has 3 nitrogen and oxygen atoms in total. The maximum atomic E-state index is 9.15. The fourth-order valence-corrected chi connectivity index (χ4v) is 0.795. The molecule has 0 amide bonds. The third-order valence-electron chi connectivity index (χ3n) is 1.68. The van der Waals surface area contributed by atoms with Crippen LogP contribution in [0.1, 0.15) is 13.8 Å². The summed E-state index contributed by atoms with van der Waals surface area (Å²) < 4.78 is 4.91. The van der Waals surface area contributed by atoms with E-state index in [1.807, 2.05) is 0 Å². The number of hydrogen-bond acceptors (Lipinski definition) is 3. The van der Waals surface area contributed by atoms with Gasteiger partial charge >= 0.3 is 0 Å². The second kappa shape index (κ2) is 1.94. The van der Waals surface area contributed by atoms with Gasteiger partial charge in [0.05, 0.1) is 12.7 Å². The normalized spacial score (nSPS) is 40.0. The summed E-state index contributed by atoms with van der Waals surface area (Å²) in [6.45, 7) is 3.89. The highest BCUT2D eigenvalue weighted by Crippen LogP contribution is 2.31. The van der Waals surface area contributed by atoms with E-state index < -0.39 is 17.8 Å². The summed E-state index contributed by atoms with van der Waals surface area (Å²) in [7, 11) is 0. The molecule has 0 aromatic heterocycles. The smallest absolute Gasteiger partial charge is 0.117 e. The Labute approximate surface area is 54.3 Å². The van der Waals surface area contributed by atoms with Crippen molar-refractivity contribution in [2.45, 2.75) is 31.7 Å². The van der Waals surface area contributed by atoms with Crippen LogP contribution in [0, 0.1) is 0 Å². The van der Waals surface area contributed by atoms with Gasteiger partial charge in [-0.05, 0) is 13.8 Å². The van der Waals surface area contributed by atoms with E-state index in [4.69, 9.17) is 14.9 Å². The van der Waals surface area contributed by atoms with E-state index in [0.717, 1.165) is 0 Å². The van der Waals surface area contributed by atoms with Crippen molar-refractivity contribution in [1.29, 1.82) is 0 Å². The standard InChI is InChI=1S/C6H12O3/c1-4(7)5(8)6(2)3-9-6/h4-5,7-8H,3H2,1-2H3/t4?,5-,6-/m0/s1. The molecule has 3 heteroatoms. The van der Waals surface area contributed by atoms with Crippen molar-refractivity contribution < 1.29 is 14.9 Å². The highest BCUT2D eigenvalue weighted by atomic mass is 16.6. The fraction of sp³-hybridized carbons (Fsp3) is 1.00. The molecule has 0 radical (unpaired) electrons. The molecule has 9 heavy (non-hydrogen) atoms. The van der Waals surface area contributed by atoms with Gasteiger partial charge in [-0.25, -0.2) is 0 Å². The van der Waals surface area contributed by atoms with Gasteiger partial charge in [-0.2, -0.15) is 0 Å². The van der Waals surface area contributed by atoms with Gasteiger partial charge in [0.15, 0.2) is 0 Å². The zero-order valence-electron chi connectivity index (χ0n) is 5.66. The van der Waals surface area contributed by atoms with Gasteiger partial charge in [0, 0.05) is 0 Å². The van der Waals surface area contributed by atoms with Crippen LogP contribution >= 0.6 is 0 Å². The van der Waals surface area contributed by atoms with Crippen LogP contribution in [0.5, 0.6) is 0 Å². The molecule has 1 rings (SSSR count). The Balaban J connectivity index is 2.42. The highest BCUT2D eigenvalue weighted by molar-refractivity contribution is 4.96. The first-order chi connectivity index (χ1) is 4.06. The summed E-state index contributed by atoms with van der Waals surface area (Å²) in [5.74, 6) is 0. The zero-order valence-corrected chi connectivity index (χ0v) is 5.66. The second-order valence-corrected chi connectivity index (χ2v) is 2.79. The van der Waals surface area contributed by atoms with Gasteiger partial charge in [-0.3, -0.25) is 0 Å². The number of aliphatic hydroxyl groups excluding tert-OH is 2. The average Bonchev–Trinajstić information content (AvgIpc) is 2.47. The first kappa shape index (κ1) is 6.99. The molecule has 0 aliphatic carbocycles. The van der Waals surface area contributed by atoms with Crippen molar-refractivity contribution in [3.05, 3.63) is 0 Å². The summed E-state index contributed by atoms with van der Waals surface area (Å²) in [6, 6.07) is 0. The van der Waals surface area contributed by atoms with Crippen LogP contribution in [0.15, 0.2) is 0 Å². The lowest BCUT2D eigenvalue weighted by atomic mass is 10.0. The highest BCUT2D eigenvalue weighted by Gasteiger charge is 2.48. The molecule has 0 spiro atoms. The molecule has 0 aromatic rings. The van der Waals surface area contributed by atoms with Gasteiger partial charge in [0.25, 0.3) is 0 Å². The molecular weight excluding hydrogens is 120 g/mol. The molecule has 1 aliphatic rings. The molecule has 1 saturated heterocycles. The monoisotopic (exact) mass is 132 g/mol. The first-order valence-electron chi connectivity index (χ1n) is 3.06. The minimum atomic E-state index is -0.738. The Hall–Kier alpha value is -0.120. The lowest BCUT2D eigenvalue weighted by molar-refractivity contribution is -0.0156. The largest absolute Gasteiger partial charge is 0.391 e. The minimum absolute atomic E-state index is 0.464. The Morgan fingerprint density at radius 3 is 2.11 bits per heavy atom. The lowest BCUT2D eigenvalue weighted by Crippen LogP contribution is -2.36. The number of hydrogen-bond donors (Lipinski definition) is 2. The van der Waals surface area contributed by atoms with Crippen LogP contribution in [0.4, 0.5) is 0 Å². The van der Waals surface area contributed by atoms with E-state index in [9.17, 15) is 0 Å². The van der Waals surface area contributed by atoms with Crippen molar-refractivity contribution in [1.82, 2.24) is 0 Å². The fourth-order valence-electron chi connectivity index (χ4n) is 0.795. The molecule has 1 heterocycles. The van der Waals surface area contributed by atoms with Gasteiger partial charge < -0.3 is 14.9 Å². The molecule has 1 unspecified atom stereocenters. The van der Waals surface area contributed by atoms with E-state index in [1.165, 1.54) is 0 Å². The lowest BCUT2D eigenvalue weighted by Gasteiger charge is -2.16. The van der Waals surface area contributed by atoms with Gasteiger partial charge in [0.1, 0.15) is 11.7 Å². The summed E-state index contributed by atoms with van der Waals surface area (Å²) in [5, 5.41) is 18.0. The first-order valence-corrected chi connectivity index (χ1v) is 3.06. The quantitative estimate of drug-likeness (QED) is 0.499. The third kappa shape index (κ3) is 1.23. The van der Waals surface area contributed by atoms with E-state index in [-0.39, 0.29) is 0 Å². The topological polar surface area (TPSA) is 53.0 Å². The van der Waals surface area contributed by atoms with Gasteiger partial charge in [-0.15, -0.1) is 0 Å². The van der Waals surface area contributed by atoms with E-state index in [1.54, 1.807) is 13.8 Å². The Kier molecular flexibility index (Phi) is 1.50. The summed E-state index contributed by atoms with van der Waals surface area (Å²) >= 11 is 0. The maximum Gasteiger partial charge on any atom is 0.117 e. The van der Waals surface area contributed by atoms with Crippen LogP contribution in [0.3, 0.4) is 0 Å². The molecule has 0 bridgehead atoms. The maximum absolute atomic E-state index is 9.15. The number of epoxide rings is 1. The van der Waals surface area contributed by atoms with E-state index >= 15 is 0 Å². The minimum Gasteiger partial charge on any atom is -0.391 e. The van der Waals surface area contributed by atoms with Gasteiger partial charge in [-0.1, -0.05) is 0 Å². The average molecular weight is 132 g/mol. The summed E-state index contributed by atoms with van der Waals surface area (Å²) in [6.07, 6.45) is -1.44. The molecule has 2 N–H and O–H groups in total. The molecule has 0 aromatic carbocycles. The van der Waals surface area contributed by atoms with Crippen LogP contribution in [0.25, 0.3) is 0 Å². The SMILES string of the molecule is CC(O)[C@H](O)[C@]1(C)CO1. The Morgan fingerprint density at radius 1 is 1.56 bits per heavy atom. The molecule has 1 fully saturated rings.